The van der Waals surface area contributed by atoms with Gasteiger partial charge in [-0.2, -0.15) is 0 Å². The van der Waals surface area contributed by atoms with Crippen LogP contribution in [0.15, 0.2) is 0 Å². The number of hydrogen-bond acceptors (Lipinski definition) is 4. The quantitative estimate of drug-likeness (QED) is 0.836. The maximum Gasteiger partial charge on any atom is 0.185 e. The van der Waals surface area contributed by atoms with Gasteiger partial charge in [0.05, 0.1) is 5.69 Å². The first-order chi connectivity index (χ1) is 10.1. The molecule has 1 aromatic rings. The number of aromatic nitrogens is 1. The van der Waals surface area contributed by atoms with E-state index in [4.69, 9.17) is 4.98 Å². The SMILES string of the molecule is CCC(C)c1nc(N2CCCCCC2)sc1CNC(C)C. The zero-order valence-electron chi connectivity index (χ0n) is 14.1. The lowest BCUT2D eigenvalue weighted by atomic mass is 10.0. The molecule has 4 heteroatoms. The Balaban J connectivity index is 2.17. The molecule has 3 nitrogen and oxygen atoms in total. The minimum absolute atomic E-state index is 0.526. The molecule has 1 aromatic heterocycles. The Labute approximate surface area is 134 Å². The van der Waals surface area contributed by atoms with Crippen LogP contribution in [0.5, 0.6) is 0 Å². The van der Waals surface area contributed by atoms with Gasteiger partial charge in [-0.3, -0.25) is 0 Å². The smallest absolute Gasteiger partial charge is 0.185 e. The van der Waals surface area contributed by atoms with Crippen molar-refractivity contribution in [3.05, 3.63) is 10.6 Å². The van der Waals surface area contributed by atoms with Crippen molar-refractivity contribution in [2.75, 3.05) is 18.0 Å². The standard InChI is InChI=1S/C17H31N3S/c1-5-14(4)16-15(12-18-13(2)3)21-17(19-16)20-10-8-6-7-9-11-20/h13-14,18H,5-12H2,1-4H3. The van der Waals surface area contributed by atoms with Crippen molar-refractivity contribution in [3.63, 3.8) is 0 Å². The van der Waals surface area contributed by atoms with Crippen LogP contribution in [-0.4, -0.2) is 24.1 Å². The molecule has 1 N–H and O–H groups in total. The van der Waals surface area contributed by atoms with Crippen molar-refractivity contribution in [2.45, 2.75) is 78.3 Å². The first-order valence-electron chi connectivity index (χ1n) is 8.59. The van der Waals surface area contributed by atoms with Gasteiger partial charge in [-0.05, 0) is 25.2 Å². The number of rotatable bonds is 6. The summed E-state index contributed by atoms with van der Waals surface area (Å²) in [5.41, 5.74) is 1.33. The van der Waals surface area contributed by atoms with Gasteiger partial charge in [-0.15, -0.1) is 11.3 Å². The molecular formula is C17H31N3S. The lowest BCUT2D eigenvalue weighted by molar-refractivity contribution is 0.584. The number of hydrogen-bond donors (Lipinski definition) is 1. The summed E-state index contributed by atoms with van der Waals surface area (Å²) in [5.74, 6) is 0.561. The summed E-state index contributed by atoms with van der Waals surface area (Å²) in [5, 5.41) is 4.82. The fourth-order valence-electron chi connectivity index (χ4n) is 2.75. The predicted octanol–water partition coefficient (Wildman–Crippen LogP) is 4.54. The maximum absolute atomic E-state index is 5.03. The molecule has 0 aromatic carbocycles. The molecule has 0 aliphatic carbocycles. The minimum atomic E-state index is 0.526. The van der Waals surface area contributed by atoms with Crippen LogP contribution in [0.1, 0.15) is 76.3 Å². The van der Waals surface area contributed by atoms with E-state index in [-0.39, 0.29) is 0 Å². The summed E-state index contributed by atoms with van der Waals surface area (Å²) in [6.45, 7) is 12.3. The molecule has 0 amide bonds. The summed E-state index contributed by atoms with van der Waals surface area (Å²) >= 11 is 1.91. The van der Waals surface area contributed by atoms with Crippen molar-refractivity contribution >= 4 is 16.5 Å². The first kappa shape index (κ1) is 16.8. The molecule has 21 heavy (non-hydrogen) atoms. The van der Waals surface area contributed by atoms with Crippen molar-refractivity contribution in [1.82, 2.24) is 10.3 Å². The second-order valence-electron chi connectivity index (χ2n) is 6.55. The van der Waals surface area contributed by atoms with Gasteiger partial charge < -0.3 is 10.2 Å². The molecule has 1 unspecified atom stereocenters. The molecule has 0 spiro atoms. The fourth-order valence-corrected chi connectivity index (χ4v) is 3.93. The van der Waals surface area contributed by atoms with Crippen molar-refractivity contribution in [2.24, 2.45) is 0 Å². The highest BCUT2D eigenvalue weighted by Gasteiger charge is 2.20. The fraction of sp³-hybridized carbons (Fsp3) is 0.824. The van der Waals surface area contributed by atoms with Crippen molar-refractivity contribution in [3.8, 4) is 0 Å². The average Bonchev–Trinajstić information content (AvgIpc) is 2.70. The van der Waals surface area contributed by atoms with E-state index in [0.29, 0.717) is 12.0 Å². The number of nitrogens with zero attached hydrogens (tertiary/aromatic N) is 2. The van der Waals surface area contributed by atoms with Crippen LogP contribution in [0, 0.1) is 0 Å². The summed E-state index contributed by atoms with van der Waals surface area (Å²) in [4.78, 5) is 8.99. The third-order valence-corrected chi connectivity index (χ3v) is 5.47. The van der Waals surface area contributed by atoms with Gasteiger partial charge in [0.25, 0.3) is 0 Å². The maximum atomic E-state index is 5.03. The second kappa shape index (κ2) is 8.14. The van der Waals surface area contributed by atoms with Gasteiger partial charge >= 0.3 is 0 Å². The molecule has 2 rings (SSSR count). The van der Waals surface area contributed by atoms with Gasteiger partial charge in [-0.1, -0.05) is 40.5 Å². The normalized spacial score (nSPS) is 18.0. The molecule has 2 heterocycles. The zero-order valence-corrected chi connectivity index (χ0v) is 14.9. The lowest BCUT2D eigenvalue weighted by Gasteiger charge is -2.18. The Hall–Kier alpha value is -0.610. The highest BCUT2D eigenvalue weighted by molar-refractivity contribution is 7.15. The largest absolute Gasteiger partial charge is 0.348 e. The van der Waals surface area contributed by atoms with Gasteiger partial charge in [0.1, 0.15) is 0 Å². The highest BCUT2D eigenvalue weighted by atomic mass is 32.1. The zero-order chi connectivity index (χ0) is 15.2. The first-order valence-corrected chi connectivity index (χ1v) is 9.41. The predicted molar refractivity (Wildman–Crippen MR) is 93.5 cm³/mol. The average molecular weight is 310 g/mol. The van der Waals surface area contributed by atoms with Crippen LogP contribution in [-0.2, 0) is 6.54 Å². The highest BCUT2D eigenvalue weighted by Crippen LogP contribution is 2.33. The summed E-state index contributed by atoms with van der Waals surface area (Å²) < 4.78 is 0. The van der Waals surface area contributed by atoms with Crippen LogP contribution in [0.4, 0.5) is 5.13 Å². The molecule has 0 bridgehead atoms. The van der Waals surface area contributed by atoms with E-state index < -0.39 is 0 Å². The second-order valence-corrected chi connectivity index (χ2v) is 7.61. The van der Waals surface area contributed by atoms with E-state index in [1.165, 1.54) is 54.5 Å². The topological polar surface area (TPSA) is 28.2 Å². The third-order valence-electron chi connectivity index (χ3n) is 4.34. The van der Waals surface area contributed by atoms with Crippen LogP contribution in [0.2, 0.25) is 0 Å². The van der Waals surface area contributed by atoms with E-state index in [0.717, 1.165) is 13.0 Å². The molecule has 1 saturated heterocycles. The van der Waals surface area contributed by atoms with Crippen LogP contribution in [0.25, 0.3) is 0 Å². The molecule has 0 saturated carbocycles. The Morgan fingerprint density at radius 2 is 1.81 bits per heavy atom. The molecule has 1 atom stereocenters. The van der Waals surface area contributed by atoms with Gasteiger partial charge in [0.2, 0.25) is 0 Å². The summed E-state index contributed by atoms with van der Waals surface area (Å²) in [7, 11) is 0. The van der Waals surface area contributed by atoms with E-state index >= 15 is 0 Å². The molecule has 0 radical (unpaired) electrons. The molecular weight excluding hydrogens is 278 g/mol. The van der Waals surface area contributed by atoms with E-state index in [1.54, 1.807) is 0 Å². The van der Waals surface area contributed by atoms with Gasteiger partial charge in [-0.25, -0.2) is 4.98 Å². The summed E-state index contributed by atoms with van der Waals surface area (Å²) in [6.07, 6.45) is 6.55. The number of thiazole rings is 1. The Kier molecular flexibility index (Phi) is 6.49. The van der Waals surface area contributed by atoms with Crippen molar-refractivity contribution < 1.29 is 0 Å². The van der Waals surface area contributed by atoms with Crippen LogP contribution >= 0.6 is 11.3 Å². The minimum Gasteiger partial charge on any atom is -0.348 e. The number of anilines is 1. The van der Waals surface area contributed by atoms with E-state index in [1.807, 2.05) is 11.3 Å². The van der Waals surface area contributed by atoms with Crippen molar-refractivity contribution in [1.29, 1.82) is 0 Å². The van der Waals surface area contributed by atoms with E-state index in [2.05, 4.69) is 37.9 Å². The Morgan fingerprint density at radius 1 is 1.14 bits per heavy atom. The third kappa shape index (κ3) is 4.68. The molecule has 1 fully saturated rings. The Bertz CT molecular complexity index is 420. The Morgan fingerprint density at radius 3 is 2.38 bits per heavy atom. The van der Waals surface area contributed by atoms with Gasteiger partial charge in [0, 0.05) is 30.6 Å². The lowest BCUT2D eigenvalue weighted by Crippen LogP contribution is -2.23. The van der Waals surface area contributed by atoms with Crippen LogP contribution < -0.4 is 10.2 Å². The van der Waals surface area contributed by atoms with E-state index in [9.17, 15) is 0 Å². The number of nitrogens with one attached hydrogen (secondary N) is 1. The molecule has 1 aliphatic heterocycles. The van der Waals surface area contributed by atoms with Crippen LogP contribution in [0.3, 0.4) is 0 Å². The monoisotopic (exact) mass is 309 g/mol. The van der Waals surface area contributed by atoms with Gasteiger partial charge in [0.15, 0.2) is 5.13 Å². The molecule has 120 valence electrons. The molecule has 1 aliphatic rings. The summed E-state index contributed by atoms with van der Waals surface area (Å²) in [6, 6.07) is 0.526.